The summed E-state index contributed by atoms with van der Waals surface area (Å²) in [5, 5.41) is 11.3. The Morgan fingerprint density at radius 3 is 2.43 bits per heavy atom. The summed E-state index contributed by atoms with van der Waals surface area (Å²) in [6.07, 6.45) is -1.16. The van der Waals surface area contributed by atoms with Gasteiger partial charge in [-0.05, 0) is 12.5 Å². The summed E-state index contributed by atoms with van der Waals surface area (Å²) in [6, 6.07) is 7.62. The number of carboxylic acids is 1. The van der Waals surface area contributed by atoms with E-state index in [9.17, 15) is 14.4 Å². The van der Waals surface area contributed by atoms with Crippen molar-refractivity contribution in [1.29, 1.82) is 0 Å². The molecular weight excluding hydrogens is 302 g/mol. The number of amides is 1. The lowest BCUT2D eigenvalue weighted by Crippen LogP contribution is -2.41. The second-order valence-corrected chi connectivity index (χ2v) is 4.63. The molecule has 0 unspecified atom stereocenters. The molecule has 1 amide bonds. The van der Waals surface area contributed by atoms with Crippen LogP contribution in [0.25, 0.3) is 0 Å². The molecule has 0 heterocycles. The molecule has 0 saturated heterocycles. The molecule has 0 aliphatic rings. The van der Waals surface area contributed by atoms with Crippen molar-refractivity contribution in [1.82, 2.24) is 5.32 Å². The lowest BCUT2D eigenvalue weighted by Gasteiger charge is -2.15. The first kappa shape index (κ1) is 18.2. The van der Waals surface area contributed by atoms with Gasteiger partial charge in [0.25, 0.3) is 0 Å². The maximum atomic E-state index is 11.7. The van der Waals surface area contributed by atoms with Gasteiger partial charge in [0.15, 0.2) is 0 Å². The zero-order chi connectivity index (χ0) is 17.2. The smallest absolute Gasteiger partial charge is 0.408 e. The average Bonchev–Trinajstić information content (AvgIpc) is 2.53. The van der Waals surface area contributed by atoms with Gasteiger partial charge in [-0.3, -0.25) is 0 Å². The van der Waals surface area contributed by atoms with Gasteiger partial charge in [0.1, 0.15) is 12.6 Å². The predicted octanol–water partition coefficient (Wildman–Crippen LogP) is 1.88. The van der Waals surface area contributed by atoms with Crippen molar-refractivity contribution in [3.8, 4) is 0 Å². The van der Waals surface area contributed by atoms with Crippen LogP contribution in [0.5, 0.6) is 0 Å². The zero-order valence-corrected chi connectivity index (χ0v) is 12.8. The number of hydrogen-bond acceptors (Lipinski definition) is 5. The molecule has 2 N–H and O–H groups in total. The molecule has 1 atom stereocenters. The van der Waals surface area contributed by atoms with E-state index in [0.717, 1.165) is 5.56 Å². The monoisotopic (exact) mass is 321 g/mol. The summed E-state index contributed by atoms with van der Waals surface area (Å²) in [4.78, 5) is 34.3. The lowest BCUT2D eigenvalue weighted by molar-refractivity contribution is -0.140. The van der Waals surface area contributed by atoms with Gasteiger partial charge in [-0.15, -0.1) is 0 Å². The van der Waals surface area contributed by atoms with E-state index in [4.69, 9.17) is 14.6 Å². The Morgan fingerprint density at radius 2 is 1.87 bits per heavy atom. The summed E-state index contributed by atoms with van der Waals surface area (Å²) >= 11 is 0. The van der Waals surface area contributed by atoms with Crippen LogP contribution >= 0.6 is 0 Å². The summed E-state index contributed by atoms with van der Waals surface area (Å²) in [5.74, 6) is -2.00. The number of benzene rings is 1. The molecule has 0 fully saturated rings. The first-order chi connectivity index (χ1) is 10.9. The number of hydrogen-bond donors (Lipinski definition) is 2. The third-order valence-electron chi connectivity index (χ3n) is 2.82. The number of nitrogens with one attached hydrogen (secondary N) is 1. The van der Waals surface area contributed by atoms with E-state index >= 15 is 0 Å². The SMILES string of the molecule is C=C(C[C@@H](NC(=O)OCc1ccccc1)C(=O)O)C(=O)OCC. The molecule has 1 aromatic rings. The van der Waals surface area contributed by atoms with Crippen LogP contribution in [-0.4, -0.2) is 35.8 Å². The van der Waals surface area contributed by atoms with Gasteiger partial charge in [-0.1, -0.05) is 36.9 Å². The molecule has 7 heteroatoms. The van der Waals surface area contributed by atoms with Crippen LogP contribution in [0, 0.1) is 0 Å². The van der Waals surface area contributed by atoms with Crippen molar-refractivity contribution in [2.45, 2.75) is 26.0 Å². The highest BCUT2D eigenvalue weighted by Crippen LogP contribution is 2.07. The zero-order valence-electron chi connectivity index (χ0n) is 12.8. The van der Waals surface area contributed by atoms with Gasteiger partial charge in [-0.2, -0.15) is 0 Å². The van der Waals surface area contributed by atoms with Gasteiger partial charge >= 0.3 is 18.0 Å². The Balaban J connectivity index is 2.51. The van der Waals surface area contributed by atoms with E-state index in [0.29, 0.717) is 0 Å². The normalized spacial score (nSPS) is 11.2. The van der Waals surface area contributed by atoms with E-state index in [-0.39, 0.29) is 25.2 Å². The molecule has 7 nitrogen and oxygen atoms in total. The van der Waals surface area contributed by atoms with E-state index in [1.54, 1.807) is 31.2 Å². The summed E-state index contributed by atoms with van der Waals surface area (Å²) < 4.78 is 9.66. The van der Waals surface area contributed by atoms with Crippen LogP contribution in [0.3, 0.4) is 0 Å². The fourth-order valence-corrected chi connectivity index (χ4v) is 1.67. The topological polar surface area (TPSA) is 102 Å². The lowest BCUT2D eigenvalue weighted by atomic mass is 10.1. The molecular formula is C16H19NO6. The Hall–Kier alpha value is -2.83. The predicted molar refractivity (Wildman–Crippen MR) is 81.6 cm³/mol. The minimum atomic E-state index is -1.32. The van der Waals surface area contributed by atoms with Crippen molar-refractivity contribution in [3.05, 3.63) is 48.0 Å². The van der Waals surface area contributed by atoms with Crippen molar-refractivity contribution in [2.75, 3.05) is 6.61 Å². The van der Waals surface area contributed by atoms with Crippen LogP contribution in [-0.2, 0) is 25.7 Å². The van der Waals surface area contributed by atoms with E-state index in [1.165, 1.54) is 0 Å². The van der Waals surface area contributed by atoms with E-state index in [1.807, 2.05) is 6.07 Å². The summed E-state index contributed by atoms with van der Waals surface area (Å²) in [5.41, 5.74) is 0.730. The van der Waals surface area contributed by atoms with Crippen LogP contribution in [0.15, 0.2) is 42.5 Å². The number of carbonyl (C=O) groups is 3. The van der Waals surface area contributed by atoms with Crippen molar-refractivity contribution in [3.63, 3.8) is 0 Å². The van der Waals surface area contributed by atoms with E-state index in [2.05, 4.69) is 11.9 Å². The molecule has 0 radical (unpaired) electrons. The van der Waals surface area contributed by atoms with Gasteiger partial charge in [0.05, 0.1) is 6.61 Å². The largest absolute Gasteiger partial charge is 0.480 e. The maximum absolute atomic E-state index is 11.7. The van der Waals surface area contributed by atoms with Gasteiger partial charge < -0.3 is 19.9 Å². The molecule has 0 bridgehead atoms. The van der Waals surface area contributed by atoms with Gasteiger partial charge in [0.2, 0.25) is 0 Å². The number of rotatable bonds is 8. The average molecular weight is 321 g/mol. The quantitative estimate of drug-likeness (QED) is 0.560. The van der Waals surface area contributed by atoms with Crippen molar-refractivity contribution in [2.24, 2.45) is 0 Å². The van der Waals surface area contributed by atoms with Crippen LogP contribution in [0.4, 0.5) is 4.79 Å². The van der Waals surface area contributed by atoms with Crippen molar-refractivity contribution < 1.29 is 29.0 Å². The highest BCUT2D eigenvalue weighted by atomic mass is 16.5. The number of ether oxygens (including phenoxy) is 2. The Bertz CT molecular complexity index is 569. The third kappa shape index (κ3) is 6.64. The number of alkyl carbamates (subject to hydrolysis) is 1. The summed E-state index contributed by atoms with van der Waals surface area (Å²) in [7, 11) is 0. The van der Waals surface area contributed by atoms with Gasteiger partial charge in [0, 0.05) is 12.0 Å². The number of aliphatic carboxylic acids is 1. The molecule has 0 spiro atoms. The van der Waals surface area contributed by atoms with E-state index < -0.39 is 24.1 Å². The molecule has 1 aromatic carbocycles. The second kappa shape index (κ2) is 9.24. The van der Waals surface area contributed by atoms with Crippen molar-refractivity contribution >= 4 is 18.0 Å². The number of carbonyl (C=O) groups excluding carboxylic acids is 2. The van der Waals surface area contributed by atoms with Crippen LogP contribution in [0.1, 0.15) is 18.9 Å². The highest BCUT2D eigenvalue weighted by molar-refractivity contribution is 5.89. The second-order valence-electron chi connectivity index (χ2n) is 4.63. The van der Waals surface area contributed by atoms with Gasteiger partial charge in [-0.25, -0.2) is 14.4 Å². The molecule has 0 aliphatic carbocycles. The first-order valence-electron chi connectivity index (χ1n) is 6.99. The molecule has 1 rings (SSSR count). The maximum Gasteiger partial charge on any atom is 0.408 e. The molecule has 124 valence electrons. The Kier molecular flexibility index (Phi) is 7.32. The molecule has 0 saturated carbocycles. The molecule has 0 aliphatic heterocycles. The standard InChI is InChI=1S/C16H19NO6/c1-3-22-15(20)11(2)9-13(14(18)19)17-16(21)23-10-12-7-5-4-6-8-12/h4-8,13H,2-3,9-10H2,1H3,(H,17,21)(H,18,19)/t13-/m1/s1. The minimum absolute atomic E-state index is 0.0117. The Labute approximate surface area is 133 Å². The molecule has 23 heavy (non-hydrogen) atoms. The third-order valence-corrected chi connectivity index (χ3v) is 2.82. The highest BCUT2D eigenvalue weighted by Gasteiger charge is 2.24. The molecule has 0 aromatic heterocycles. The minimum Gasteiger partial charge on any atom is -0.480 e. The Morgan fingerprint density at radius 1 is 1.22 bits per heavy atom. The fourth-order valence-electron chi connectivity index (χ4n) is 1.67. The first-order valence-corrected chi connectivity index (χ1v) is 6.99. The number of carboxylic acid groups (broad SMARTS) is 1. The fraction of sp³-hybridized carbons (Fsp3) is 0.312. The van der Waals surface area contributed by atoms with Crippen LogP contribution in [0.2, 0.25) is 0 Å². The summed E-state index contributed by atoms with van der Waals surface area (Å²) in [6.45, 7) is 5.26. The number of esters is 1. The van der Waals surface area contributed by atoms with Crippen LogP contribution < -0.4 is 5.32 Å².